The van der Waals surface area contributed by atoms with E-state index in [0.717, 1.165) is 32.6 Å². The number of hydrogen-bond acceptors (Lipinski definition) is 3. The molecule has 1 N–H and O–H groups in total. The van der Waals surface area contributed by atoms with Crippen LogP contribution in [0.2, 0.25) is 0 Å². The molecule has 2 heterocycles. The number of benzene rings is 1. The van der Waals surface area contributed by atoms with Crippen LogP contribution in [-0.4, -0.2) is 53.6 Å². The molecule has 1 aromatic rings. The molecular weight excluding hydrogens is 288 g/mol. The van der Waals surface area contributed by atoms with Crippen molar-refractivity contribution < 1.29 is 9.90 Å². The van der Waals surface area contributed by atoms with Gasteiger partial charge in [-0.2, -0.15) is 0 Å². The van der Waals surface area contributed by atoms with Crippen molar-refractivity contribution >= 4 is 5.91 Å². The highest BCUT2D eigenvalue weighted by Crippen LogP contribution is 2.40. The number of piperidine rings is 2. The van der Waals surface area contributed by atoms with E-state index >= 15 is 0 Å². The fourth-order valence-electron chi connectivity index (χ4n) is 4.00. The van der Waals surface area contributed by atoms with E-state index in [1.165, 1.54) is 18.4 Å². The Kier molecular flexibility index (Phi) is 5.34. The Balaban J connectivity index is 1.54. The molecule has 23 heavy (non-hydrogen) atoms. The number of nitrogens with zero attached hydrogens (tertiary/aromatic N) is 2. The molecule has 1 amide bonds. The van der Waals surface area contributed by atoms with E-state index in [4.69, 9.17) is 5.11 Å². The summed E-state index contributed by atoms with van der Waals surface area (Å²) in [6, 6.07) is 10.7. The molecule has 2 aliphatic heterocycles. The van der Waals surface area contributed by atoms with Crippen molar-refractivity contribution in [2.75, 3.05) is 32.8 Å². The van der Waals surface area contributed by atoms with E-state index in [1.54, 1.807) is 0 Å². The predicted molar refractivity (Wildman–Crippen MR) is 90.9 cm³/mol. The minimum atomic E-state index is 0.168. The topological polar surface area (TPSA) is 43.8 Å². The number of amides is 1. The van der Waals surface area contributed by atoms with Gasteiger partial charge in [0, 0.05) is 32.7 Å². The lowest BCUT2D eigenvalue weighted by Gasteiger charge is -2.47. The van der Waals surface area contributed by atoms with Gasteiger partial charge in [0.05, 0.1) is 0 Å². The molecule has 2 fully saturated rings. The highest BCUT2D eigenvalue weighted by molar-refractivity contribution is 5.77. The second kappa shape index (κ2) is 7.45. The van der Waals surface area contributed by atoms with Crippen molar-refractivity contribution in [1.29, 1.82) is 0 Å². The Morgan fingerprint density at radius 1 is 1.09 bits per heavy atom. The van der Waals surface area contributed by atoms with Gasteiger partial charge in [-0.3, -0.25) is 9.69 Å². The predicted octanol–water partition coefficient (Wildman–Crippen LogP) is 2.27. The van der Waals surface area contributed by atoms with Crippen LogP contribution in [0.1, 0.15) is 37.7 Å². The van der Waals surface area contributed by atoms with Crippen LogP contribution >= 0.6 is 0 Å². The fourth-order valence-corrected chi connectivity index (χ4v) is 4.00. The van der Waals surface area contributed by atoms with E-state index in [0.29, 0.717) is 24.8 Å². The van der Waals surface area contributed by atoms with Gasteiger partial charge in [-0.25, -0.2) is 0 Å². The molecule has 126 valence electrons. The van der Waals surface area contributed by atoms with Crippen molar-refractivity contribution in [3.63, 3.8) is 0 Å². The average Bonchev–Trinajstić information content (AvgIpc) is 2.59. The van der Waals surface area contributed by atoms with E-state index in [1.807, 2.05) is 4.90 Å². The van der Waals surface area contributed by atoms with Gasteiger partial charge in [-0.15, -0.1) is 0 Å². The van der Waals surface area contributed by atoms with Crippen LogP contribution in [0.4, 0.5) is 0 Å². The normalized spacial score (nSPS) is 21.8. The Morgan fingerprint density at radius 2 is 1.83 bits per heavy atom. The number of carbonyl (C=O) groups is 1. The van der Waals surface area contributed by atoms with Crippen LogP contribution < -0.4 is 0 Å². The maximum atomic E-state index is 12.1. The van der Waals surface area contributed by atoms with Gasteiger partial charge in [0.2, 0.25) is 5.91 Å². The molecule has 0 unspecified atom stereocenters. The van der Waals surface area contributed by atoms with Crippen LogP contribution in [-0.2, 0) is 11.3 Å². The van der Waals surface area contributed by atoms with Crippen LogP contribution in [0.5, 0.6) is 0 Å². The standard InChI is InChI=1S/C19H28N2O2/c22-14-4-11-21-16-19(8-7-18(21)23)9-12-20(13-10-19)15-17-5-2-1-3-6-17/h1-3,5-6,22H,4,7-16H2. The number of likely N-dealkylation sites (tertiary alicyclic amines) is 2. The Bertz CT molecular complexity index is 509. The van der Waals surface area contributed by atoms with Gasteiger partial charge in [0.1, 0.15) is 0 Å². The molecule has 0 saturated carbocycles. The zero-order valence-electron chi connectivity index (χ0n) is 13.9. The van der Waals surface area contributed by atoms with E-state index < -0.39 is 0 Å². The van der Waals surface area contributed by atoms with E-state index in [2.05, 4.69) is 35.2 Å². The molecule has 4 nitrogen and oxygen atoms in total. The highest BCUT2D eigenvalue weighted by Gasteiger charge is 2.40. The lowest BCUT2D eigenvalue weighted by atomic mass is 9.72. The summed E-state index contributed by atoms with van der Waals surface area (Å²) in [6.07, 6.45) is 4.79. The fraction of sp³-hybridized carbons (Fsp3) is 0.632. The molecule has 0 bridgehead atoms. The number of carbonyl (C=O) groups excluding carboxylic acids is 1. The molecule has 0 radical (unpaired) electrons. The summed E-state index contributed by atoms with van der Waals surface area (Å²) < 4.78 is 0. The molecule has 2 saturated heterocycles. The van der Waals surface area contributed by atoms with Gasteiger partial charge in [0.25, 0.3) is 0 Å². The molecule has 4 heteroatoms. The molecule has 1 spiro atoms. The Morgan fingerprint density at radius 3 is 2.52 bits per heavy atom. The minimum absolute atomic E-state index is 0.168. The third kappa shape index (κ3) is 4.12. The number of hydrogen-bond donors (Lipinski definition) is 1. The first-order valence-corrected chi connectivity index (χ1v) is 8.86. The lowest BCUT2D eigenvalue weighted by Crippen LogP contribution is -2.51. The van der Waals surface area contributed by atoms with Gasteiger partial charge in [0.15, 0.2) is 0 Å². The third-order valence-corrected chi connectivity index (χ3v) is 5.50. The quantitative estimate of drug-likeness (QED) is 0.906. The van der Waals surface area contributed by atoms with Gasteiger partial charge in [-0.05, 0) is 49.8 Å². The summed E-state index contributed by atoms with van der Waals surface area (Å²) in [6.45, 7) is 5.05. The first-order valence-electron chi connectivity index (χ1n) is 8.86. The summed E-state index contributed by atoms with van der Waals surface area (Å²) in [7, 11) is 0. The Hall–Kier alpha value is -1.39. The van der Waals surface area contributed by atoms with Crippen molar-refractivity contribution in [3.05, 3.63) is 35.9 Å². The van der Waals surface area contributed by atoms with E-state index in [-0.39, 0.29) is 12.5 Å². The SMILES string of the molecule is O=C1CCC2(CCN(Cc3ccccc3)CC2)CN1CCCO. The lowest BCUT2D eigenvalue weighted by molar-refractivity contribution is -0.139. The summed E-state index contributed by atoms with van der Waals surface area (Å²) >= 11 is 0. The number of aliphatic hydroxyl groups excluding tert-OH is 1. The third-order valence-electron chi connectivity index (χ3n) is 5.50. The second-order valence-corrected chi connectivity index (χ2v) is 7.15. The number of rotatable bonds is 5. The van der Waals surface area contributed by atoms with Crippen molar-refractivity contribution in [2.45, 2.75) is 38.6 Å². The maximum absolute atomic E-state index is 12.1. The maximum Gasteiger partial charge on any atom is 0.222 e. The molecule has 1 aromatic carbocycles. The summed E-state index contributed by atoms with van der Waals surface area (Å²) in [5.41, 5.74) is 1.70. The number of aliphatic hydroxyl groups is 1. The molecule has 0 aliphatic carbocycles. The zero-order chi connectivity index (χ0) is 16.1. The molecule has 0 atom stereocenters. The summed E-state index contributed by atoms with van der Waals surface area (Å²) in [4.78, 5) is 16.6. The highest BCUT2D eigenvalue weighted by atomic mass is 16.3. The summed E-state index contributed by atoms with van der Waals surface area (Å²) in [5, 5.41) is 9.02. The van der Waals surface area contributed by atoms with E-state index in [9.17, 15) is 4.79 Å². The van der Waals surface area contributed by atoms with Crippen LogP contribution in [0, 0.1) is 5.41 Å². The summed E-state index contributed by atoms with van der Waals surface area (Å²) in [5.74, 6) is 0.274. The minimum Gasteiger partial charge on any atom is -0.396 e. The molecular formula is C19H28N2O2. The first-order chi connectivity index (χ1) is 11.2. The van der Waals surface area contributed by atoms with Gasteiger partial charge >= 0.3 is 0 Å². The van der Waals surface area contributed by atoms with Crippen molar-refractivity contribution in [1.82, 2.24) is 9.80 Å². The Labute approximate surface area is 139 Å². The molecule has 3 rings (SSSR count). The van der Waals surface area contributed by atoms with Crippen molar-refractivity contribution in [3.8, 4) is 0 Å². The monoisotopic (exact) mass is 316 g/mol. The smallest absolute Gasteiger partial charge is 0.222 e. The van der Waals surface area contributed by atoms with Crippen LogP contribution in [0.25, 0.3) is 0 Å². The zero-order valence-corrected chi connectivity index (χ0v) is 13.9. The molecule has 0 aromatic heterocycles. The first kappa shape index (κ1) is 16.5. The van der Waals surface area contributed by atoms with Crippen LogP contribution in [0.3, 0.4) is 0 Å². The largest absolute Gasteiger partial charge is 0.396 e. The van der Waals surface area contributed by atoms with Crippen molar-refractivity contribution in [2.24, 2.45) is 5.41 Å². The van der Waals surface area contributed by atoms with Gasteiger partial charge in [-0.1, -0.05) is 30.3 Å². The van der Waals surface area contributed by atoms with Gasteiger partial charge < -0.3 is 10.0 Å². The molecule has 2 aliphatic rings. The van der Waals surface area contributed by atoms with Crippen LogP contribution in [0.15, 0.2) is 30.3 Å². The second-order valence-electron chi connectivity index (χ2n) is 7.15. The average molecular weight is 316 g/mol.